The summed E-state index contributed by atoms with van der Waals surface area (Å²) in [4.78, 5) is 0. The van der Waals surface area contributed by atoms with E-state index in [-0.39, 0.29) is 42.1 Å². The van der Waals surface area contributed by atoms with Gasteiger partial charge in [-0.3, -0.25) is 0 Å². The largest absolute Gasteiger partial charge is 0.495 e. The number of hydrogen-bond donors (Lipinski definition) is 0. The predicted octanol–water partition coefficient (Wildman–Crippen LogP) is 7.49. The molecule has 0 unspecified atom stereocenters. The van der Waals surface area contributed by atoms with Gasteiger partial charge in [0, 0.05) is 5.41 Å². The van der Waals surface area contributed by atoms with E-state index >= 15 is 0 Å². The van der Waals surface area contributed by atoms with Crippen LogP contribution in [0.2, 0.25) is 0 Å². The summed E-state index contributed by atoms with van der Waals surface area (Å²) in [5, 5.41) is 0. The Bertz CT molecular complexity index is 1260. The lowest BCUT2D eigenvalue weighted by Crippen LogP contribution is -2.41. The van der Waals surface area contributed by atoms with Crippen molar-refractivity contribution in [2.75, 3.05) is 0 Å². The van der Waals surface area contributed by atoms with Gasteiger partial charge in [0.15, 0.2) is 0 Å². The number of hydrogen-bond acceptors (Lipinski definition) is 4. The van der Waals surface area contributed by atoms with Crippen molar-refractivity contribution in [2.24, 2.45) is 0 Å². The minimum absolute atomic E-state index is 0.0793. The maximum Gasteiger partial charge on any atom is 0.495 e. The van der Waals surface area contributed by atoms with Crippen molar-refractivity contribution >= 4 is 25.2 Å². The summed E-state index contributed by atoms with van der Waals surface area (Å²) < 4.78 is 26.3. The number of unbranched alkanes of at least 4 members (excludes halogenated alkanes) is 3. The molecule has 0 radical (unpaired) electrons. The van der Waals surface area contributed by atoms with Crippen LogP contribution in [0.15, 0.2) is 30.3 Å². The molecule has 0 atom stereocenters. The second-order valence-corrected chi connectivity index (χ2v) is 14.6. The third-order valence-electron chi connectivity index (χ3n) is 11.2. The Morgan fingerprint density at radius 3 is 1.68 bits per heavy atom. The minimum Gasteiger partial charge on any atom is -0.399 e. The van der Waals surface area contributed by atoms with Crippen LogP contribution in [-0.2, 0) is 30.5 Å². The molecule has 4 nitrogen and oxygen atoms in total. The molecular weight excluding hydrogens is 506 g/mol. The second-order valence-electron chi connectivity index (χ2n) is 14.6. The molecule has 3 aliphatic rings. The smallest absolute Gasteiger partial charge is 0.399 e. The minimum atomic E-state index is -0.372. The average molecular weight is 558 g/mol. The zero-order valence-corrected chi connectivity index (χ0v) is 27.6. The quantitative estimate of drug-likeness (QED) is 0.236. The van der Waals surface area contributed by atoms with Crippen LogP contribution in [0, 0.1) is 0 Å². The van der Waals surface area contributed by atoms with Crippen LogP contribution in [0.4, 0.5) is 0 Å². The Kier molecular flexibility index (Phi) is 7.93. The van der Waals surface area contributed by atoms with Crippen molar-refractivity contribution in [3.8, 4) is 11.1 Å². The summed E-state index contributed by atoms with van der Waals surface area (Å²) in [6, 6.07) is 11.6. The Morgan fingerprint density at radius 1 is 0.610 bits per heavy atom. The molecule has 5 rings (SSSR count). The van der Waals surface area contributed by atoms with Crippen LogP contribution < -0.4 is 10.9 Å². The fraction of sp³-hybridized carbons (Fsp3) is 0.657. The van der Waals surface area contributed by atoms with Gasteiger partial charge >= 0.3 is 14.2 Å². The summed E-state index contributed by atoms with van der Waals surface area (Å²) in [7, 11) is -0.726. The molecule has 6 heteroatoms. The highest BCUT2D eigenvalue weighted by molar-refractivity contribution is 6.63. The summed E-state index contributed by atoms with van der Waals surface area (Å²) in [6.45, 7) is 24.1. The van der Waals surface area contributed by atoms with Crippen LogP contribution in [-0.4, -0.2) is 36.6 Å². The first-order valence-electron chi connectivity index (χ1n) is 16.2. The first kappa shape index (κ1) is 30.9. The van der Waals surface area contributed by atoms with Crippen LogP contribution in [0.25, 0.3) is 11.1 Å². The molecule has 0 aromatic heterocycles. The molecule has 0 spiro atoms. The topological polar surface area (TPSA) is 36.9 Å². The van der Waals surface area contributed by atoms with Gasteiger partial charge in [0.1, 0.15) is 0 Å². The summed E-state index contributed by atoms with van der Waals surface area (Å²) in [5.74, 6) is 0. The predicted molar refractivity (Wildman–Crippen MR) is 173 cm³/mol. The molecule has 2 aromatic rings. The SMILES string of the molecule is CCCCCCc1c(B2OC(C)(C)C(C)(C)O2)ccc2c1C(CC)(CC)c1cc(B3OC(C)(C)C(C)(C)O3)ccc1-2. The van der Waals surface area contributed by atoms with Crippen LogP contribution in [0.5, 0.6) is 0 Å². The standard InChI is InChI=1S/C35H52B2O4/c1-12-15-16-17-18-27-29(37-40-33(8,9)34(10,11)41-37)22-21-26-25-20-19-24(36-38-31(4,5)32(6,7)39-36)23-28(25)35(13-2,14-3)30(26)27/h19-23H,12-18H2,1-11H3. The van der Waals surface area contributed by atoms with Gasteiger partial charge in [0.05, 0.1) is 22.4 Å². The fourth-order valence-corrected chi connectivity index (χ4v) is 7.06. The Balaban J connectivity index is 1.63. The Labute approximate surface area is 250 Å². The van der Waals surface area contributed by atoms with Crippen molar-refractivity contribution < 1.29 is 18.6 Å². The van der Waals surface area contributed by atoms with Gasteiger partial charge < -0.3 is 18.6 Å². The van der Waals surface area contributed by atoms with Crippen molar-refractivity contribution in [1.29, 1.82) is 0 Å². The van der Waals surface area contributed by atoms with Gasteiger partial charge in [-0.05, 0) is 120 Å². The van der Waals surface area contributed by atoms with Gasteiger partial charge in [0.2, 0.25) is 0 Å². The molecule has 0 bridgehead atoms. The highest BCUT2D eigenvalue weighted by Gasteiger charge is 2.54. The Morgan fingerprint density at radius 2 is 1.15 bits per heavy atom. The van der Waals surface area contributed by atoms with Crippen LogP contribution in [0.1, 0.15) is 131 Å². The third kappa shape index (κ3) is 4.86. The maximum absolute atomic E-state index is 6.66. The van der Waals surface area contributed by atoms with Crippen molar-refractivity contribution in [2.45, 2.75) is 149 Å². The molecule has 2 aromatic carbocycles. The van der Waals surface area contributed by atoms with E-state index in [4.69, 9.17) is 18.6 Å². The van der Waals surface area contributed by atoms with Gasteiger partial charge in [-0.1, -0.05) is 70.4 Å². The Hall–Kier alpha value is -1.59. The molecule has 41 heavy (non-hydrogen) atoms. The fourth-order valence-electron chi connectivity index (χ4n) is 7.06. The van der Waals surface area contributed by atoms with E-state index in [0.717, 1.165) is 24.7 Å². The number of benzene rings is 2. The third-order valence-corrected chi connectivity index (χ3v) is 11.2. The number of fused-ring (bicyclic) bond motifs is 3. The first-order chi connectivity index (χ1) is 19.1. The molecule has 2 saturated heterocycles. The molecule has 0 amide bonds. The average Bonchev–Trinajstić information content (AvgIpc) is 3.40. The molecule has 2 aliphatic heterocycles. The van der Waals surface area contributed by atoms with E-state index in [1.807, 2.05) is 0 Å². The summed E-state index contributed by atoms with van der Waals surface area (Å²) >= 11 is 0. The van der Waals surface area contributed by atoms with Crippen molar-refractivity contribution in [1.82, 2.24) is 0 Å². The van der Waals surface area contributed by atoms with E-state index in [0.29, 0.717) is 0 Å². The monoisotopic (exact) mass is 558 g/mol. The molecule has 222 valence electrons. The highest BCUT2D eigenvalue weighted by atomic mass is 16.7. The van der Waals surface area contributed by atoms with Crippen molar-refractivity contribution in [3.05, 3.63) is 47.0 Å². The van der Waals surface area contributed by atoms with Gasteiger partial charge in [0.25, 0.3) is 0 Å². The van der Waals surface area contributed by atoms with E-state index in [2.05, 4.69) is 106 Å². The molecule has 1 aliphatic carbocycles. The molecule has 2 fully saturated rings. The molecule has 0 saturated carbocycles. The zero-order chi connectivity index (χ0) is 30.0. The van der Waals surface area contributed by atoms with Crippen LogP contribution >= 0.6 is 0 Å². The lowest BCUT2D eigenvalue weighted by Gasteiger charge is -2.33. The first-order valence-corrected chi connectivity index (χ1v) is 16.2. The van der Waals surface area contributed by atoms with E-state index < -0.39 is 0 Å². The van der Waals surface area contributed by atoms with Crippen molar-refractivity contribution in [3.63, 3.8) is 0 Å². The lowest BCUT2D eigenvalue weighted by atomic mass is 9.66. The second kappa shape index (κ2) is 10.5. The van der Waals surface area contributed by atoms with Crippen LogP contribution in [0.3, 0.4) is 0 Å². The molecule has 0 N–H and O–H groups in total. The van der Waals surface area contributed by atoms with Gasteiger partial charge in [-0.15, -0.1) is 0 Å². The van der Waals surface area contributed by atoms with E-state index in [1.165, 1.54) is 59.0 Å². The van der Waals surface area contributed by atoms with E-state index in [9.17, 15) is 0 Å². The maximum atomic E-state index is 6.66. The summed E-state index contributed by atoms with van der Waals surface area (Å²) in [5.41, 5.74) is 7.82. The molecule has 2 heterocycles. The molecular formula is C35H52B2O4. The normalized spacial score (nSPS) is 22.7. The zero-order valence-electron chi connectivity index (χ0n) is 27.6. The summed E-state index contributed by atoms with van der Waals surface area (Å²) in [6.07, 6.45) is 8.03. The highest BCUT2D eigenvalue weighted by Crippen LogP contribution is 2.54. The lowest BCUT2D eigenvalue weighted by molar-refractivity contribution is 0.00578. The number of rotatable bonds is 9. The van der Waals surface area contributed by atoms with Gasteiger partial charge in [-0.25, -0.2) is 0 Å². The van der Waals surface area contributed by atoms with Gasteiger partial charge in [-0.2, -0.15) is 0 Å². The van der Waals surface area contributed by atoms with E-state index in [1.54, 1.807) is 0 Å².